The first kappa shape index (κ1) is 24.0. The Morgan fingerprint density at radius 1 is 1.00 bits per heavy atom. The fraction of sp³-hybridized carbons (Fsp3) is 0.448. The van der Waals surface area contributed by atoms with Gasteiger partial charge in [-0.05, 0) is 88.8 Å². The van der Waals surface area contributed by atoms with Gasteiger partial charge in [0.25, 0.3) is 5.56 Å². The van der Waals surface area contributed by atoms with Crippen molar-refractivity contribution in [2.45, 2.75) is 31.3 Å². The van der Waals surface area contributed by atoms with E-state index in [1.807, 2.05) is 18.2 Å². The third-order valence-corrected chi connectivity index (χ3v) is 9.16. The van der Waals surface area contributed by atoms with Crippen LogP contribution in [-0.2, 0) is 0 Å². The standard InChI is InChI=1S/C29H34ClN7O/c1-35(2)20-9-12-37(15-20)19-4-6-23-24(14-19)33-28(32-23)26-27(31-25-16-36-10-7-17(25)8-11-36)21-13-18(30)3-5-22(21)34-29(26)38/h3-6,13-14,17,20,25H,7-12,15-16H2,1-2H3,(H,32,33)(H2,31,34,38)/t20-,25-/m1/s1. The van der Waals surface area contributed by atoms with E-state index in [2.05, 4.69) is 62.3 Å². The zero-order valence-electron chi connectivity index (χ0n) is 21.9. The molecule has 0 saturated carbocycles. The first-order valence-corrected chi connectivity index (χ1v) is 14.1. The van der Waals surface area contributed by atoms with Crippen LogP contribution in [0.5, 0.6) is 0 Å². The number of likely N-dealkylation sites (N-methyl/N-ethyl adjacent to an activating group) is 1. The van der Waals surface area contributed by atoms with Crippen LogP contribution in [0.3, 0.4) is 0 Å². The third-order valence-electron chi connectivity index (χ3n) is 8.92. The summed E-state index contributed by atoms with van der Waals surface area (Å²) in [5, 5.41) is 5.37. The van der Waals surface area contributed by atoms with Gasteiger partial charge in [-0.1, -0.05) is 11.6 Å². The molecular formula is C29H34ClN7O. The highest BCUT2D eigenvalue weighted by molar-refractivity contribution is 6.31. The number of rotatable bonds is 5. The lowest BCUT2D eigenvalue weighted by Crippen LogP contribution is -2.53. The number of anilines is 2. The normalized spacial score (nSPS) is 25.2. The van der Waals surface area contributed by atoms with Gasteiger partial charge in [-0.15, -0.1) is 0 Å². The highest BCUT2D eigenvalue weighted by Gasteiger charge is 2.35. The predicted octanol–water partition coefficient (Wildman–Crippen LogP) is 4.37. The van der Waals surface area contributed by atoms with Crippen molar-refractivity contribution in [1.29, 1.82) is 0 Å². The Hall–Kier alpha value is -3.07. The molecule has 2 bridgehead atoms. The summed E-state index contributed by atoms with van der Waals surface area (Å²) >= 11 is 6.45. The maximum atomic E-state index is 13.6. The van der Waals surface area contributed by atoms with Crippen LogP contribution in [0.15, 0.2) is 41.2 Å². The van der Waals surface area contributed by atoms with Gasteiger partial charge in [0.05, 0.1) is 22.2 Å². The molecule has 0 amide bonds. The van der Waals surface area contributed by atoms with Crippen LogP contribution < -0.4 is 15.8 Å². The molecule has 4 aromatic rings. The number of imidazole rings is 1. The fourth-order valence-corrected chi connectivity index (χ4v) is 6.84. The SMILES string of the molecule is CN(C)[C@@H]1CCN(c2ccc3nc(-c4c(N[C@@H]5CN6CCC5CC6)c5cc(Cl)ccc5[nH]c4=O)[nH]c3c2)C1. The number of benzene rings is 2. The third kappa shape index (κ3) is 4.15. The van der Waals surface area contributed by atoms with E-state index < -0.39 is 0 Å². The van der Waals surface area contributed by atoms with Crippen LogP contribution in [0.1, 0.15) is 19.3 Å². The monoisotopic (exact) mass is 531 g/mol. The maximum absolute atomic E-state index is 13.6. The van der Waals surface area contributed by atoms with E-state index in [0.717, 1.165) is 66.8 Å². The Kier molecular flexibility index (Phi) is 5.87. The van der Waals surface area contributed by atoms with Crippen LogP contribution in [0, 0.1) is 5.92 Å². The second-order valence-electron chi connectivity index (χ2n) is 11.4. The number of aromatic nitrogens is 3. The van der Waals surface area contributed by atoms with Crippen molar-refractivity contribution in [3.8, 4) is 11.4 Å². The van der Waals surface area contributed by atoms with Gasteiger partial charge in [0, 0.05) is 47.8 Å². The van der Waals surface area contributed by atoms with Gasteiger partial charge in [-0.25, -0.2) is 4.98 Å². The predicted molar refractivity (Wildman–Crippen MR) is 156 cm³/mol. The molecule has 8 nitrogen and oxygen atoms in total. The molecule has 4 aliphatic heterocycles. The van der Waals surface area contributed by atoms with Gasteiger partial charge in [0.15, 0.2) is 0 Å². The van der Waals surface area contributed by atoms with Crippen molar-refractivity contribution >= 4 is 44.9 Å². The number of pyridine rings is 1. The fourth-order valence-electron chi connectivity index (χ4n) is 6.67. The van der Waals surface area contributed by atoms with E-state index in [-0.39, 0.29) is 11.6 Å². The summed E-state index contributed by atoms with van der Waals surface area (Å²) in [6, 6.07) is 12.8. The zero-order chi connectivity index (χ0) is 26.0. The van der Waals surface area contributed by atoms with Crippen molar-refractivity contribution in [3.63, 3.8) is 0 Å². The molecule has 9 heteroatoms. The average Bonchev–Trinajstić information content (AvgIpc) is 3.57. The lowest BCUT2D eigenvalue weighted by Gasteiger charge is -2.45. The largest absolute Gasteiger partial charge is 0.379 e. The highest BCUT2D eigenvalue weighted by Crippen LogP contribution is 2.37. The number of halogens is 1. The molecule has 4 fully saturated rings. The molecule has 8 rings (SSSR count). The minimum absolute atomic E-state index is 0.156. The Bertz CT molecular complexity index is 1570. The molecule has 3 N–H and O–H groups in total. The lowest BCUT2D eigenvalue weighted by molar-refractivity contribution is 0.0976. The maximum Gasteiger partial charge on any atom is 0.261 e. The van der Waals surface area contributed by atoms with E-state index in [9.17, 15) is 4.79 Å². The summed E-state index contributed by atoms with van der Waals surface area (Å²) in [6.45, 7) is 5.37. The van der Waals surface area contributed by atoms with E-state index in [1.165, 1.54) is 18.5 Å². The summed E-state index contributed by atoms with van der Waals surface area (Å²) in [5.74, 6) is 1.18. The number of piperidine rings is 3. The molecule has 2 aromatic carbocycles. The number of hydrogen-bond donors (Lipinski definition) is 3. The van der Waals surface area contributed by atoms with Gasteiger partial charge < -0.3 is 30.0 Å². The van der Waals surface area contributed by atoms with Crippen molar-refractivity contribution in [2.75, 3.05) is 57.0 Å². The van der Waals surface area contributed by atoms with Crippen molar-refractivity contribution in [3.05, 3.63) is 51.8 Å². The average molecular weight is 532 g/mol. The van der Waals surface area contributed by atoms with Crippen molar-refractivity contribution < 1.29 is 0 Å². The van der Waals surface area contributed by atoms with Gasteiger partial charge in [0.1, 0.15) is 11.4 Å². The van der Waals surface area contributed by atoms with E-state index in [0.29, 0.717) is 28.4 Å². The molecular weight excluding hydrogens is 498 g/mol. The highest BCUT2D eigenvalue weighted by atomic mass is 35.5. The second kappa shape index (κ2) is 9.29. The molecule has 2 aromatic heterocycles. The molecule has 38 heavy (non-hydrogen) atoms. The molecule has 4 aliphatic rings. The number of nitrogens with one attached hydrogen (secondary N) is 3. The molecule has 0 aliphatic carbocycles. The minimum Gasteiger partial charge on any atom is -0.379 e. The topological polar surface area (TPSA) is 83.3 Å². The van der Waals surface area contributed by atoms with Crippen LogP contribution in [0.4, 0.5) is 11.4 Å². The van der Waals surface area contributed by atoms with Gasteiger partial charge >= 0.3 is 0 Å². The van der Waals surface area contributed by atoms with Crippen LogP contribution in [-0.4, -0.2) is 83.7 Å². The van der Waals surface area contributed by atoms with Crippen LogP contribution in [0.25, 0.3) is 33.3 Å². The summed E-state index contributed by atoms with van der Waals surface area (Å²) in [6.07, 6.45) is 3.53. The van der Waals surface area contributed by atoms with Gasteiger partial charge in [-0.3, -0.25) is 4.79 Å². The zero-order valence-corrected chi connectivity index (χ0v) is 22.7. The molecule has 4 saturated heterocycles. The number of fused-ring (bicyclic) bond motifs is 5. The first-order chi connectivity index (χ1) is 18.4. The number of H-pyrrole nitrogens is 2. The number of hydrogen-bond acceptors (Lipinski definition) is 6. The molecule has 2 atom stereocenters. The quantitative estimate of drug-likeness (QED) is 0.355. The Morgan fingerprint density at radius 2 is 1.84 bits per heavy atom. The minimum atomic E-state index is -0.156. The molecule has 0 radical (unpaired) electrons. The Balaban J connectivity index is 1.31. The van der Waals surface area contributed by atoms with Crippen molar-refractivity contribution in [1.82, 2.24) is 24.8 Å². The van der Waals surface area contributed by atoms with Crippen molar-refractivity contribution in [2.24, 2.45) is 5.92 Å². The van der Waals surface area contributed by atoms with Gasteiger partial charge in [-0.2, -0.15) is 0 Å². The van der Waals surface area contributed by atoms with Gasteiger partial charge in [0.2, 0.25) is 0 Å². The Labute approximate surface area is 227 Å². The summed E-state index contributed by atoms with van der Waals surface area (Å²) in [5.41, 5.74) is 4.95. The number of aromatic amines is 2. The first-order valence-electron chi connectivity index (χ1n) is 13.7. The van der Waals surface area contributed by atoms with Crippen LogP contribution >= 0.6 is 11.6 Å². The number of nitrogens with zero attached hydrogens (tertiary/aromatic N) is 4. The molecule has 6 heterocycles. The Morgan fingerprint density at radius 3 is 2.58 bits per heavy atom. The van der Waals surface area contributed by atoms with E-state index in [1.54, 1.807) is 0 Å². The van der Waals surface area contributed by atoms with Crippen LogP contribution in [0.2, 0.25) is 5.02 Å². The second-order valence-corrected chi connectivity index (χ2v) is 11.9. The molecule has 198 valence electrons. The lowest BCUT2D eigenvalue weighted by atomic mass is 9.83. The molecule has 0 unspecified atom stereocenters. The van der Waals surface area contributed by atoms with E-state index >= 15 is 0 Å². The molecule has 0 spiro atoms. The smallest absolute Gasteiger partial charge is 0.261 e. The summed E-state index contributed by atoms with van der Waals surface area (Å²) < 4.78 is 0. The summed E-state index contributed by atoms with van der Waals surface area (Å²) in [7, 11) is 4.29. The van der Waals surface area contributed by atoms with E-state index in [4.69, 9.17) is 16.6 Å². The summed E-state index contributed by atoms with van der Waals surface area (Å²) in [4.78, 5) is 32.3.